The molecule has 0 unspecified atom stereocenters. The van der Waals surface area contributed by atoms with Crippen molar-refractivity contribution in [2.24, 2.45) is 0 Å². The Balaban J connectivity index is 0.000000262. The van der Waals surface area contributed by atoms with Crippen LogP contribution in [-0.4, -0.2) is 27.3 Å². The molecule has 0 amide bonds. The highest BCUT2D eigenvalue weighted by molar-refractivity contribution is 5.75. The van der Waals surface area contributed by atoms with Crippen molar-refractivity contribution in [1.29, 1.82) is 0 Å². The van der Waals surface area contributed by atoms with Crippen molar-refractivity contribution >= 4 is 11.9 Å². The lowest BCUT2D eigenvalue weighted by atomic mass is 10.3. The molecule has 0 bridgehead atoms. The third-order valence-electron chi connectivity index (χ3n) is 1.31. The van der Waals surface area contributed by atoms with Crippen LogP contribution >= 0.6 is 0 Å². The Morgan fingerprint density at radius 3 is 1.53 bits per heavy atom. The summed E-state index contributed by atoms with van der Waals surface area (Å²) in [5, 5.41) is 24.4. The number of benzene rings is 1. The van der Waals surface area contributed by atoms with Gasteiger partial charge in [-0.2, -0.15) is 0 Å². The Bertz CT molecular complexity index is 293. The molecule has 1 aromatic carbocycles. The fraction of sp³-hybridized carbons (Fsp3) is 0.200. The first kappa shape index (κ1) is 13.0. The van der Waals surface area contributed by atoms with Gasteiger partial charge in [0, 0.05) is 0 Å². The number of carbonyl (C=O) groups is 2. The molecule has 0 aromatic heterocycles. The summed E-state index contributed by atoms with van der Waals surface area (Å²) in [7, 11) is 0. The van der Waals surface area contributed by atoms with Gasteiger partial charge in [0.05, 0.1) is 12.8 Å². The van der Waals surface area contributed by atoms with E-state index in [0.717, 1.165) is 0 Å². The van der Waals surface area contributed by atoms with Crippen molar-refractivity contribution < 1.29 is 24.9 Å². The molecule has 1 rings (SSSR count). The largest absolute Gasteiger partial charge is 0.508 e. The number of aromatic hydroxyl groups is 1. The van der Waals surface area contributed by atoms with Crippen molar-refractivity contribution in [2.75, 3.05) is 0 Å². The van der Waals surface area contributed by atoms with Gasteiger partial charge in [-0.25, -0.2) is 0 Å². The SMILES string of the molecule is O=C(O)CCC(=O)O.Oc1ccccc1. The Kier molecular flexibility index (Phi) is 6.37. The lowest BCUT2D eigenvalue weighted by Crippen LogP contribution is -2.00. The fourth-order valence-electron chi connectivity index (χ4n) is 0.642. The van der Waals surface area contributed by atoms with Gasteiger partial charge in [-0.1, -0.05) is 18.2 Å². The summed E-state index contributed by atoms with van der Waals surface area (Å²) < 4.78 is 0. The molecule has 5 heteroatoms. The highest BCUT2D eigenvalue weighted by atomic mass is 16.4. The van der Waals surface area contributed by atoms with Crippen LogP contribution in [0.4, 0.5) is 0 Å². The number of hydrogen-bond acceptors (Lipinski definition) is 3. The summed E-state index contributed by atoms with van der Waals surface area (Å²) >= 11 is 0. The van der Waals surface area contributed by atoms with Gasteiger partial charge in [0.25, 0.3) is 0 Å². The van der Waals surface area contributed by atoms with Gasteiger partial charge in [0.15, 0.2) is 0 Å². The highest BCUT2D eigenvalue weighted by Gasteiger charge is 2.00. The summed E-state index contributed by atoms with van der Waals surface area (Å²) in [4.78, 5) is 19.3. The van der Waals surface area contributed by atoms with Crippen LogP contribution in [0.1, 0.15) is 12.8 Å². The van der Waals surface area contributed by atoms with E-state index in [1.807, 2.05) is 6.07 Å². The Morgan fingerprint density at radius 2 is 1.33 bits per heavy atom. The predicted octanol–water partition coefficient (Wildman–Crippen LogP) is 1.33. The second-order valence-electron chi connectivity index (χ2n) is 2.62. The average Bonchev–Trinajstić information content (AvgIpc) is 2.17. The van der Waals surface area contributed by atoms with E-state index in [2.05, 4.69) is 0 Å². The van der Waals surface area contributed by atoms with E-state index in [9.17, 15) is 9.59 Å². The molecule has 82 valence electrons. The third-order valence-corrected chi connectivity index (χ3v) is 1.31. The minimum absolute atomic E-state index is 0.296. The molecule has 0 aliphatic carbocycles. The maximum atomic E-state index is 9.64. The number of phenols is 1. The molecule has 1 aromatic rings. The van der Waals surface area contributed by atoms with Crippen LogP contribution < -0.4 is 0 Å². The second-order valence-corrected chi connectivity index (χ2v) is 2.62. The van der Waals surface area contributed by atoms with Crippen molar-refractivity contribution in [3.63, 3.8) is 0 Å². The fourth-order valence-corrected chi connectivity index (χ4v) is 0.642. The topological polar surface area (TPSA) is 94.8 Å². The van der Waals surface area contributed by atoms with E-state index in [-0.39, 0.29) is 12.8 Å². The molecule has 0 heterocycles. The summed E-state index contributed by atoms with van der Waals surface area (Å²) in [5.74, 6) is -1.83. The van der Waals surface area contributed by atoms with Gasteiger partial charge in [0.2, 0.25) is 0 Å². The van der Waals surface area contributed by atoms with Crippen molar-refractivity contribution in [2.45, 2.75) is 12.8 Å². The van der Waals surface area contributed by atoms with Gasteiger partial charge >= 0.3 is 11.9 Å². The van der Waals surface area contributed by atoms with E-state index < -0.39 is 11.9 Å². The van der Waals surface area contributed by atoms with E-state index in [4.69, 9.17) is 15.3 Å². The van der Waals surface area contributed by atoms with Crippen molar-refractivity contribution in [1.82, 2.24) is 0 Å². The van der Waals surface area contributed by atoms with E-state index in [1.165, 1.54) is 0 Å². The molecular weight excluding hydrogens is 200 g/mol. The summed E-state index contributed by atoms with van der Waals surface area (Å²) in [6.07, 6.45) is -0.593. The molecular formula is C10H12O5. The minimum Gasteiger partial charge on any atom is -0.508 e. The van der Waals surface area contributed by atoms with Gasteiger partial charge < -0.3 is 15.3 Å². The Hall–Kier alpha value is -2.04. The van der Waals surface area contributed by atoms with Gasteiger partial charge in [0.1, 0.15) is 5.75 Å². The number of para-hydroxylation sites is 1. The highest BCUT2D eigenvalue weighted by Crippen LogP contribution is 2.02. The average molecular weight is 212 g/mol. The molecule has 0 atom stereocenters. The van der Waals surface area contributed by atoms with Crippen LogP contribution in [-0.2, 0) is 9.59 Å². The van der Waals surface area contributed by atoms with Crippen LogP contribution in [0.25, 0.3) is 0 Å². The zero-order valence-corrected chi connectivity index (χ0v) is 7.96. The molecule has 0 radical (unpaired) electrons. The monoisotopic (exact) mass is 212 g/mol. The number of phenolic OH excluding ortho intramolecular Hbond substituents is 1. The molecule has 3 N–H and O–H groups in total. The molecule has 0 aliphatic rings. The zero-order valence-electron chi connectivity index (χ0n) is 7.96. The standard InChI is InChI=1S/C6H6O.C4H6O4/c7-6-4-2-1-3-5-6;5-3(6)1-2-4(7)8/h1-5,7H;1-2H2,(H,5,6)(H,7,8). The lowest BCUT2D eigenvalue weighted by Gasteiger charge is -1.85. The molecule has 0 spiro atoms. The lowest BCUT2D eigenvalue weighted by molar-refractivity contribution is -0.143. The molecule has 0 saturated heterocycles. The zero-order chi connectivity index (χ0) is 11.7. The molecule has 0 aliphatic heterocycles. The summed E-state index contributed by atoms with van der Waals surface area (Å²) in [6.45, 7) is 0. The number of rotatable bonds is 3. The van der Waals surface area contributed by atoms with Gasteiger partial charge in [-0.15, -0.1) is 0 Å². The van der Waals surface area contributed by atoms with Gasteiger partial charge in [-0.3, -0.25) is 9.59 Å². The number of aliphatic carboxylic acids is 2. The summed E-state index contributed by atoms with van der Waals surface area (Å²) in [5.41, 5.74) is 0. The van der Waals surface area contributed by atoms with E-state index >= 15 is 0 Å². The predicted molar refractivity (Wildman–Crippen MR) is 52.6 cm³/mol. The van der Waals surface area contributed by atoms with Crippen molar-refractivity contribution in [3.05, 3.63) is 30.3 Å². The quantitative estimate of drug-likeness (QED) is 0.702. The summed E-state index contributed by atoms with van der Waals surface area (Å²) in [6, 6.07) is 8.71. The molecule has 5 nitrogen and oxygen atoms in total. The van der Waals surface area contributed by atoms with Crippen molar-refractivity contribution in [3.8, 4) is 5.75 Å². The minimum atomic E-state index is -1.08. The maximum absolute atomic E-state index is 9.64. The van der Waals surface area contributed by atoms with Crippen LogP contribution in [0.5, 0.6) is 5.75 Å². The normalized spacial score (nSPS) is 8.53. The Labute approximate surface area is 86.6 Å². The smallest absolute Gasteiger partial charge is 0.303 e. The molecule has 0 saturated carbocycles. The molecule has 15 heavy (non-hydrogen) atoms. The second kappa shape index (κ2) is 7.37. The first-order valence-electron chi connectivity index (χ1n) is 4.20. The van der Waals surface area contributed by atoms with Gasteiger partial charge in [-0.05, 0) is 12.1 Å². The number of hydrogen-bond donors (Lipinski definition) is 3. The molecule has 0 fully saturated rings. The number of carboxylic acid groups (broad SMARTS) is 2. The Morgan fingerprint density at radius 1 is 0.933 bits per heavy atom. The van der Waals surface area contributed by atoms with E-state index in [1.54, 1.807) is 24.3 Å². The first-order chi connectivity index (χ1) is 7.02. The first-order valence-corrected chi connectivity index (χ1v) is 4.20. The van der Waals surface area contributed by atoms with Crippen LogP contribution in [0.2, 0.25) is 0 Å². The van der Waals surface area contributed by atoms with Crippen LogP contribution in [0.3, 0.4) is 0 Å². The maximum Gasteiger partial charge on any atom is 0.303 e. The van der Waals surface area contributed by atoms with Crippen LogP contribution in [0.15, 0.2) is 30.3 Å². The van der Waals surface area contributed by atoms with Crippen LogP contribution in [0, 0.1) is 0 Å². The third kappa shape index (κ3) is 9.88. The number of carboxylic acids is 2. The van der Waals surface area contributed by atoms with E-state index in [0.29, 0.717) is 5.75 Å².